The van der Waals surface area contributed by atoms with Gasteiger partial charge in [-0.2, -0.15) is 0 Å². The van der Waals surface area contributed by atoms with Gasteiger partial charge in [-0.3, -0.25) is 9.80 Å². The molecule has 4 rings (SSSR count). The molecule has 23 heavy (non-hydrogen) atoms. The van der Waals surface area contributed by atoms with E-state index in [1.165, 1.54) is 37.9 Å². The van der Waals surface area contributed by atoms with Crippen molar-refractivity contribution in [1.82, 2.24) is 15.1 Å². The van der Waals surface area contributed by atoms with Gasteiger partial charge in [-0.1, -0.05) is 30.3 Å². The van der Waals surface area contributed by atoms with Crippen LogP contribution in [-0.4, -0.2) is 67.3 Å². The predicted octanol–water partition coefficient (Wildman–Crippen LogP) is 1.71. The van der Waals surface area contributed by atoms with Crippen LogP contribution in [0.3, 0.4) is 0 Å². The van der Waals surface area contributed by atoms with Crippen molar-refractivity contribution in [3.63, 3.8) is 0 Å². The molecule has 1 aromatic carbocycles. The molecular formula is C19H29N3O. The van der Waals surface area contributed by atoms with Crippen molar-refractivity contribution in [2.75, 3.05) is 39.3 Å². The van der Waals surface area contributed by atoms with Gasteiger partial charge in [-0.25, -0.2) is 0 Å². The van der Waals surface area contributed by atoms with E-state index in [0.29, 0.717) is 12.1 Å². The monoisotopic (exact) mass is 315 g/mol. The fourth-order valence-electron chi connectivity index (χ4n) is 3.91. The summed E-state index contributed by atoms with van der Waals surface area (Å²) in [5.41, 5.74) is 1.40. The molecule has 4 nitrogen and oxygen atoms in total. The van der Waals surface area contributed by atoms with E-state index in [-0.39, 0.29) is 0 Å². The fraction of sp³-hybridized carbons (Fsp3) is 0.684. The van der Waals surface area contributed by atoms with Gasteiger partial charge < -0.3 is 10.1 Å². The first kappa shape index (κ1) is 15.6. The molecule has 0 radical (unpaired) electrons. The summed E-state index contributed by atoms with van der Waals surface area (Å²) in [6, 6.07) is 12.3. The lowest BCUT2D eigenvalue weighted by Crippen LogP contribution is -2.48. The minimum atomic E-state index is 0.336. The highest BCUT2D eigenvalue weighted by Crippen LogP contribution is 2.29. The van der Waals surface area contributed by atoms with E-state index in [1.54, 1.807) is 0 Å². The van der Waals surface area contributed by atoms with Crippen molar-refractivity contribution in [1.29, 1.82) is 0 Å². The molecule has 0 unspecified atom stereocenters. The van der Waals surface area contributed by atoms with Crippen molar-refractivity contribution in [3.8, 4) is 0 Å². The van der Waals surface area contributed by atoms with Gasteiger partial charge in [0.1, 0.15) is 0 Å². The lowest BCUT2D eigenvalue weighted by molar-refractivity contribution is -0.0308. The number of ether oxygens (including phenoxy) is 1. The topological polar surface area (TPSA) is 27.7 Å². The van der Waals surface area contributed by atoms with E-state index >= 15 is 0 Å². The Balaban J connectivity index is 1.20. The van der Waals surface area contributed by atoms with Crippen molar-refractivity contribution < 1.29 is 4.74 Å². The Kier molecular flexibility index (Phi) is 4.95. The van der Waals surface area contributed by atoms with Gasteiger partial charge in [-0.15, -0.1) is 0 Å². The van der Waals surface area contributed by atoms with Crippen molar-refractivity contribution in [2.45, 2.75) is 44.0 Å². The molecule has 4 heteroatoms. The van der Waals surface area contributed by atoms with Crippen LogP contribution >= 0.6 is 0 Å². The number of benzene rings is 1. The van der Waals surface area contributed by atoms with Crippen molar-refractivity contribution in [2.24, 2.45) is 0 Å². The number of morpholine rings is 1. The van der Waals surface area contributed by atoms with Gasteiger partial charge in [0, 0.05) is 51.4 Å². The molecule has 2 aliphatic heterocycles. The second kappa shape index (κ2) is 7.31. The molecule has 3 fully saturated rings. The summed E-state index contributed by atoms with van der Waals surface area (Å²) >= 11 is 0. The van der Waals surface area contributed by atoms with Crippen LogP contribution < -0.4 is 5.32 Å². The first-order chi connectivity index (χ1) is 11.4. The Labute approximate surface area is 139 Å². The first-order valence-corrected chi connectivity index (χ1v) is 9.22. The lowest BCUT2D eigenvalue weighted by atomic mass is 10.2. The highest BCUT2D eigenvalue weighted by atomic mass is 16.5. The number of nitrogens with one attached hydrogen (secondary N) is 1. The van der Waals surface area contributed by atoms with Gasteiger partial charge in [0.25, 0.3) is 0 Å². The van der Waals surface area contributed by atoms with Crippen LogP contribution in [0.15, 0.2) is 30.3 Å². The molecule has 126 valence electrons. The van der Waals surface area contributed by atoms with E-state index < -0.39 is 0 Å². The number of likely N-dealkylation sites (tertiary alicyclic amines) is 1. The molecule has 0 spiro atoms. The summed E-state index contributed by atoms with van der Waals surface area (Å²) in [7, 11) is 0. The second-order valence-electron chi connectivity index (χ2n) is 7.33. The van der Waals surface area contributed by atoms with Crippen LogP contribution in [0.1, 0.15) is 24.8 Å². The molecule has 0 bridgehead atoms. The zero-order chi connectivity index (χ0) is 15.5. The largest absolute Gasteiger partial charge is 0.374 e. The zero-order valence-electron chi connectivity index (χ0n) is 14.0. The highest BCUT2D eigenvalue weighted by Gasteiger charge is 2.34. The van der Waals surface area contributed by atoms with Crippen LogP contribution in [0.2, 0.25) is 0 Å². The summed E-state index contributed by atoms with van der Waals surface area (Å²) in [5, 5.41) is 3.76. The van der Waals surface area contributed by atoms with Crippen LogP contribution in [0.25, 0.3) is 0 Å². The maximum atomic E-state index is 5.97. The molecule has 0 aromatic heterocycles. The molecule has 1 aliphatic carbocycles. The molecule has 2 saturated heterocycles. The number of rotatable bonds is 6. The molecule has 2 atom stereocenters. The summed E-state index contributed by atoms with van der Waals surface area (Å²) in [6.07, 6.45) is 4.49. The Morgan fingerprint density at radius 3 is 2.74 bits per heavy atom. The fourth-order valence-corrected chi connectivity index (χ4v) is 3.91. The quantitative estimate of drug-likeness (QED) is 0.865. The van der Waals surface area contributed by atoms with E-state index in [0.717, 1.165) is 38.8 Å². The second-order valence-corrected chi connectivity index (χ2v) is 7.33. The standard InChI is InChI=1S/C19H29N3O/c1-2-4-16(5-3-1)13-21-10-11-23-19(15-21)12-20-17-8-9-22(14-17)18-6-7-18/h1-5,17-20H,6-15H2/t17-,19+/m0/s1. The summed E-state index contributed by atoms with van der Waals surface area (Å²) in [5.74, 6) is 0. The smallest absolute Gasteiger partial charge is 0.0826 e. The lowest BCUT2D eigenvalue weighted by Gasteiger charge is -2.33. The Morgan fingerprint density at radius 2 is 1.91 bits per heavy atom. The average Bonchev–Trinajstić information content (AvgIpc) is 3.33. The van der Waals surface area contributed by atoms with Gasteiger partial charge in [0.2, 0.25) is 0 Å². The number of hydrogen-bond acceptors (Lipinski definition) is 4. The van der Waals surface area contributed by atoms with E-state index in [1.807, 2.05) is 0 Å². The normalized spacial score (nSPS) is 29.9. The third-order valence-corrected chi connectivity index (χ3v) is 5.39. The Morgan fingerprint density at radius 1 is 1.04 bits per heavy atom. The van der Waals surface area contributed by atoms with Gasteiger partial charge in [0.05, 0.1) is 12.7 Å². The van der Waals surface area contributed by atoms with E-state index in [2.05, 4.69) is 45.4 Å². The van der Waals surface area contributed by atoms with Crippen molar-refractivity contribution >= 4 is 0 Å². The van der Waals surface area contributed by atoms with Gasteiger partial charge >= 0.3 is 0 Å². The summed E-state index contributed by atoms with van der Waals surface area (Å²) in [4.78, 5) is 5.19. The number of nitrogens with zero attached hydrogens (tertiary/aromatic N) is 2. The molecular weight excluding hydrogens is 286 g/mol. The van der Waals surface area contributed by atoms with Crippen LogP contribution in [-0.2, 0) is 11.3 Å². The molecule has 0 amide bonds. The molecule has 3 aliphatic rings. The third-order valence-electron chi connectivity index (χ3n) is 5.39. The van der Waals surface area contributed by atoms with Gasteiger partial charge in [0.15, 0.2) is 0 Å². The van der Waals surface area contributed by atoms with Crippen molar-refractivity contribution in [3.05, 3.63) is 35.9 Å². The number of hydrogen-bond donors (Lipinski definition) is 1. The van der Waals surface area contributed by atoms with E-state index in [4.69, 9.17) is 4.74 Å². The Bertz CT molecular complexity index is 491. The van der Waals surface area contributed by atoms with Gasteiger partial charge in [-0.05, 0) is 24.8 Å². The van der Waals surface area contributed by atoms with Crippen LogP contribution in [0.4, 0.5) is 0 Å². The Hall–Kier alpha value is -0.940. The first-order valence-electron chi connectivity index (χ1n) is 9.22. The maximum absolute atomic E-state index is 5.97. The predicted molar refractivity (Wildman–Crippen MR) is 92.5 cm³/mol. The summed E-state index contributed by atoms with van der Waals surface area (Å²) in [6.45, 7) is 7.51. The van der Waals surface area contributed by atoms with Crippen LogP contribution in [0, 0.1) is 0 Å². The minimum Gasteiger partial charge on any atom is -0.374 e. The highest BCUT2D eigenvalue weighted by molar-refractivity contribution is 5.14. The molecule has 1 saturated carbocycles. The van der Waals surface area contributed by atoms with Crippen LogP contribution in [0.5, 0.6) is 0 Å². The maximum Gasteiger partial charge on any atom is 0.0826 e. The molecule has 1 N–H and O–H groups in total. The van der Waals surface area contributed by atoms with E-state index in [9.17, 15) is 0 Å². The molecule has 1 aromatic rings. The average molecular weight is 315 g/mol. The minimum absolute atomic E-state index is 0.336. The SMILES string of the molecule is c1ccc(CN2CCO[C@H](CN[C@H]3CCN(C4CC4)C3)C2)cc1. The zero-order valence-corrected chi connectivity index (χ0v) is 14.0. The summed E-state index contributed by atoms with van der Waals surface area (Å²) < 4.78 is 5.97. The molecule has 2 heterocycles. The third kappa shape index (κ3) is 4.32.